The Hall–Kier alpha value is -0.740. The van der Waals surface area contributed by atoms with E-state index in [1.54, 1.807) is 0 Å². The molecule has 6 heteroatoms. The van der Waals surface area contributed by atoms with Gasteiger partial charge in [-0.2, -0.15) is 0 Å². The van der Waals surface area contributed by atoms with Gasteiger partial charge in [-0.1, -0.05) is 45.4 Å². The van der Waals surface area contributed by atoms with Crippen molar-refractivity contribution in [2.24, 2.45) is 4.52 Å². The highest BCUT2D eigenvalue weighted by molar-refractivity contribution is 7.89. The van der Waals surface area contributed by atoms with Crippen molar-refractivity contribution in [1.29, 1.82) is 0 Å². The van der Waals surface area contributed by atoms with Crippen molar-refractivity contribution in [2.45, 2.75) is 51.9 Å². The molecule has 0 N–H and O–H groups in total. The third-order valence-electron chi connectivity index (χ3n) is 2.17. The zero-order valence-corrected chi connectivity index (χ0v) is 10.0. The number of sulfonamides is 1. The van der Waals surface area contributed by atoms with Crippen LogP contribution < -0.4 is 0 Å². The van der Waals surface area contributed by atoms with Crippen LogP contribution in [0.15, 0.2) is 4.52 Å². The maximum atomic E-state index is 10.9. The first-order valence-corrected chi connectivity index (χ1v) is 7.02. The topological polar surface area (TPSA) is 82.9 Å². The van der Waals surface area contributed by atoms with Crippen molar-refractivity contribution >= 4 is 10.0 Å². The second-order valence-electron chi connectivity index (χ2n) is 3.58. The molecule has 0 rings (SSSR count). The molecular weight excluding hydrogens is 214 g/mol. The molecule has 15 heavy (non-hydrogen) atoms. The third-order valence-corrected chi connectivity index (χ3v) is 3.29. The Bertz CT molecular complexity index is 294. The Labute approximate surface area is 91.6 Å². The number of unbranched alkanes of at least 4 members (excludes halogenated alkanes) is 6. The summed E-state index contributed by atoms with van der Waals surface area (Å²) in [6.07, 6.45) is 7.39. The van der Waals surface area contributed by atoms with Crippen molar-refractivity contribution in [2.75, 3.05) is 5.75 Å². The lowest BCUT2D eigenvalue weighted by Gasteiger charge is -1.99. The van der Waals surface area contributed by atoms with Crippen molar-refractivity contribution < 1.29 is 8.42 Å². The zero-order valence-electron chi connectivity index (χ0n) is 9.22. The van der Waals surface area contributed by atoms with Crippen LogP contribution in [0.2, 0.25) is 0 Å². The van der Waals surface area contributed by atoms with Crippen LogP contribution >= 0.6 is 0 Å². The van der Waals surface area contributed by atoms with Gasteiger partial charge in [0.1, 0.15) is 0 Å². The van der Waals surface area contributed by atoms with Crippen molar-refractivity contribution in [3.63, 3.8) is 0 Å². The second kappa shape index (κ2) is 8.56. The van der Waals surface area contributed by atoms with Crippen LogP contribution in [0.5, 0.6) is 0 Å². The number of hydrogen-bond acceptors (Lipinski definition) is 2. The molecular formula is C9H19N3O2S. The molecule has 0 aliphatic rings. The summed E-state index contributed by atoms with van der Waals surface area (Å²) < 4.78 is 24.6. The van der Waals surface area contributed by atoms with Crippen molar-refractivity contribution in [1.82, 2.24) is 0 Å². The highest BCUT2D eigenvalue weighted by Crippen LogP contribution is 2.08. The molecule has 0 aliphatic heterocycles. The lowest BCUT2D eigenvalue weighted by atomic mass is 10.1. The molecule has 0 aromatic heterocycles. The number of azide groups is 1. The summed E-state index contributed by atoms with van der Waals surface area (Å²) in [5, 5.41) is 0. The minimum absolute atomic E-state index is 0.0230. The van der Waals surface area contributed by atoms with Gasteiger partial charge >= 0.3 is 0 Å². The van der Waals surface area contributed by atoms with Gasteiger partial charge in [-0.3, -0.25) is 0 Å². The summed E-state index contributed by atoms with van der Waals surface area (Å²) in [6.45, 7) is 2.16. The van der Waals surface area contributed by atoms with E-state index in [1.807, 2.05) is 0 Å². The van der Waals surface area contributed by atoms with Crippen molar-refractivity contribution in [3.05, 3.63) is 10.4 Å². The molecule has 0 atom stereocenters. The molecule has 5 nitrogen and oxygen atoms in total. The lowest BCUT2D eigenvalue weighted by molar-refractivity contribution is 0.580. The molecule has 0 aromatic rings. The highest BCUT2D eigenvalue weighted by atomic mass is 32.2. The van der Waals surface area contributed by atoms with Gasteiger partial charge in [0.15, 0.2) is 0 Å². The van der Waals surface area contributed by atoms with E-state index in [-0.39, 0.29) is 5.75 Å². The Morgan fingerprint density at radius 2 is 1.60 bits per heavy atom. The summed E-state index contributed by atoms with van der Waals surface area (Å²) in [5.74, 6) is -0.0230. The van der Waals surface area contributed by atoms with Crippen LogP contribution in [0.4, 0.5) is 0 Å². The van der Waals surface area contributed by atoms with Gasteiger partial charge in [0.25, 0.3) is 0 Å². The number of rotatable bonds is 9. The Kier molecular flexibility index (Phi) is 8.14. The van der Waals surface area contributed by atoms with Gasteiger partial charge in [0, 0.05) is 9.43 Å². The number of nitrogens with zero attached hydrogens (tertiary/aromatic N) is 3. The SMILES string of the molecule is CCCCCCCCCS(=O)(=O)N=[N+]=[N-]. The Morgan fingerprint density at radius 3 is 2.13 bits per heavy atom. The van der Waals surface area contributed by atoms with E-state index >= 15 is 0 Å². The molecule has 0 bridgehead atoms. The monoisotopic (exact) mass is 233 g/mol. The summed E-state index contributed by atoms with van der Waals surface area (Å²) in [4.78, 5) is 2.28. The standard InChI is InChI=1S/C9H19N3O2S/c1-2-3-4-5-6-7-8-9-15(13,14)12-11-10/h2-9H2,1H3. The van der Waals surface area contributed by atoms with Gasteiger partial charge in [-0.25, -0.2) is 8.42 Å². The summed E-state index contributed by atoms with van der Waals surface area (Å²) >= 11 is 0. The molecule has 0 unspecified atom stereocenters. The predicted octanol–water partition coefficient (Wildman–Crippen LogP) is 3.38. The minimum atomic E-state index is -3.52. The van der Waals surface area contributed by atoms with Crippen molar-refractivity contribution in [3.8, 4) is 0 Å². The normalized spacial score (nSPS) is 11.0. The average Bonchev–Trinajstić information content (AvgIpc) is 2.16. The van der Waals surface area contributed by atoms with E-state index in [2.05, 4.69) is 16.4 Å². The van der Waals surface area contributed by atoms with E-state index < -0.39 is 10.0 Å². The lowest BCUT2D eigenvalue weighted by Crippen LogP contribution is -2.00. The van der Waals surface area contributed by atoms with E-state index in [0.29, 0.717) is 6.42 Å². The van der Waals surface area contributed by atoms with Crippen LogP contribution in [0.3, 0.4) is 0 Å². The minimum Gasteiger partial charge on any atom is -0.221 e. The summed E-state index contributed by atoms with van der Waals surface area (Å²) in [5.41, 5.74) is 7.98. The first kappa shape index (κ1) is 14.3. The van der Waals surface area contributed by atoms with Crippen LogP contribution in [0.25, 0.3) is 10.4 Å². The van der Waals surface area contributed by atoms with E-state index in [4.69, 9.17) is 5.53 Å². The molecule has 0 fully saturated rings. The smallest absolute Gasteiger partial charge is 0.221 e. The van der Waals surface area contributed by atoms with E-state index in [0.717, 1.165) is 19.3 Å². The van der Waals surface area contributed by atoms with Gasteiger partial charge in [0.2, 0.25) is 10.0 Å². The molecule has 0 saturated heterocycles. The molecule has 0 spiro atoms. The Balaban J connectivity index is 3.43. The third kappa shape index (κ3) is 9.56. The molecule has 88 valence electrons. The van der Waals surface area contributed by atoms with Gasteiger partial charge in [-0.05, 0) is 12.0 Å². The fraction of sp³-hybridized carbons (Fsp3) is 1.00. The maximum absolute atomic E-state index is 10.9. The zero-order chi connectivity index (χ0) is 11.6. The first-order valence-electron chi connectivity index (χ1n) is 5.41. The molecule has 0 heterocycles. The summed E-state index contributed by atoms with van der Waals surface area (Å²) in [6, 6.07) is 0. The molecule has 0 amide bonds. The molecule has 0 saturated carbocycles. The predicted molar refractivity (Wildman–Crippen MR) is 60.9 cm³/mol. The van der Waals surface area contributed by atoms with Crippen LogP contribution in [-0.2, 0) is 10.0 Å². The first-order chi connectivity index (χ1) is 7.12. The fourth-order valence-corrected chi connectivity index (χ4v) is 2.10. The summed E-state index contributed by atoms with van der Waals surface area (Å²) in [7, 11) is -3.52. The van der Waals surface area contributed by atoms with Crippen LogP contribution in [0, 0.1) is 0 Å². The van der Waals surface area contributed by atoms with E-state index in [9.17, 15) is 8.42 Å². The average molecular weight is 233 g/mol. The molecule has 0 radical (unpaired) electrons. The number of hydrogen-bond donors (Lipinski definition) is 0. The molecule has 0 aromatic carbocycles. The van der Waals surface area contributed by atoms with Gasteiger partial charge in [0.05, 0.1) is 5.75 Å². The quantitative estimate of drug-likeness (QED) is 0.265. The van der Waals surface area contributed by atoms with Crippen LogP contribution in [-0.4, -0.2) is 14.2 Å². The fourth-order valence-electron chi connectivity index (χ4n) is 1.34. The van der Waals surface area contributed by atoms with Gasteiger partial charge < -0.3 is 0 Å². The highest BCUT2D eigenvalue weighted by Gasteiger charge is 2.05. The Morgan fingerprint density at radius 1 is 1.07 bits per heavy atom. The second-order valence-corrected chi connectivity index (χ2v) is 5.31. The van der Waals surface area contributed by atoms with Crippen LogP contribution in [0.1, 0.15) is 51.9 Å². The van der Waals surface area contributed by atoms with E-state index in [1.165, 1.54) is 19.3 Å². The largest absolute Gasteiger partial charge is 0.235 e. The molecule has 0 aliphatic carbocycles. The van der Waals surface area contributed by atoms with Gasteiger partial charge in [-0.15, -0.1) is 0 Å². The maximum Gasteiger partial charge on any atom is 0.235 e.